The number of ether oxygens (including phenoxy) is 1. The predicted molar refractivity (Wildman–Crippen MR) is 139 cm³/mol. The van der Waals surface area contributed by atoms with Crippen molar-refractivity contribution in [2.45, 2.75) is 64.2 Å². The molecule has 0 bridgehead atoms. The van der Waals surface area contributed by atoms with Crippen molar-refractivity contribution in [2.24, 2.45) is 0 Å². The van der Waals surface area contributed by atoms with E-state index in [1.54, 1.807) is 24.5 Å². The van der Waals surface area contributed by atoms with E-state index in [2.05, 4.69) is 30.0 Å². The molecule has 1 atom stereocenters. The number of nitrogens with zero attached hydrogens (tertiary/aromatic N) is 4. The summed E-state index contributed by atoms with van der Waals surface area (Å²) >= 11 is 1.23. The van der Waals surface area contributed by atoms with Crippen molar-refractivity contribution in [1.29, 1.82) is 0 Å². The molecule has 1 saturated carbocycles. The topological polar surface area (TPSA) is 136 Å². The zero-order valence-electron chi connectivity index (χ0n) is 20.5. The summed E-state index contributed by atoms with van der Waals surface area (Å²) < 4.78 is 33.5. The van der Waals surface area contributed by atoms with Crippen LogP contribution in [0, 0.1) is 6.92 Å². The fraction of sp³-hybridized carbons (Fsp3) is 0.458. The van der Waals surface area contributed by atoms with Crippen LogP contribution >= 0.6 is 11.3 Å². The Kier molecular flexibility index (Phi) is 8.14. The van der Waals surface area contributed by atoms with Gasteiger partial charge in [0.25, 0.3) is 5.91 Å². The van der Waals surface area contributed by atoms with Crippen LogP contribution in [0.25, 0.3) is 10.6 Å². The van der Waals surface area contributed by atoms with E-state index in [-0.39, 0.29) is 11.2 Å². The molecule has 1 aliphatic rings. The van der Waals surface area contributed by atoms with Crippen molar-refractivity contribution in [3.05, 3.63) is 47.1 Å². The Hall–Kier alpha value is -3.12. The molecule has 1 aliphatic carbocycles. The van der Waals surface area contributed by atoms with Crippen molar-refractivity contribution >= 4 is 33.0 Å². The number of aryl methyl sites for hydroxylation is 1. The molecule has 0 aliphatic heterocycles. The number of carbonyl (C=O) groups is 1. The lowest BCUT2D eigenvalue weighted by atomic mass is 10.1. The van der Waals surface area contributed by atoms with Crippen molar-refractivity contribution in [3.63, 3.8) is 0 Å². The molecule has 0 radical (unpaired) electrons. The molecular formula is C24H30N6O4S2. The Balaban J connectivity index is 1.49. The maximum Gasteiger partial charge on any atom is 0.280 e. The molecular weight excluding hydrogens is 500 g/mol. The van der Waals surface area contributed by atoms with Crippen LogP contribution in [0.1, 0.15) is 73.2 Å². The molecule has 3 heterocycles. The summed E-state index contributed by atoms with van der Waals surface area (Å²) in [6, 6.07) is 2.88. The van der Waals surface area contributed by atoms with E-state index in [4.69, 9.17) is 4.74 Å². The smallest absolute Gasteiger partial charge is 0.280 e. The summed E-state index contributed by atoms with van der Waals surface area (Å²) in [6.45, 7) is 6.09. The third-order valence-electron chi connectivity index (χ3n) is 5.98. The van der Waals surface area contributed by atoms with E-state index in [0.717, 1.165) is 17.7 Å². The number of carbonyl (C=O) groups excluding carboxylic acids is 1. The number of sulfonamides is 1. The van der Waals surface area contributed by atoms with E-state index in [0.29, 0.717) is 59.5 Å². The van der Waals surface area contributed by atoms with E-state index in [9.17, 15) is 13.2 Å². The molecule has 1 fully saturated rings. The van der Waals surface area contributed by atoms with Gasteiger partial charge in [-0.2, -0.15) is 0 Å². The lowest BCUT2D eigenvalue weighted by Gasteiger charge is -2.18. The molecule has 0 saturated heterocycles. The standard InChI is InChI=1S/C24H30N6O4S2/c1-4-18(19-12-16(10-11-26-19)30-36(32,33)17-8-6-7-9-17)29-23(31)24-27-15(3)22(35-24)20-13-25-14-21(28-20)34-5-2/h10-14,17-18H,4-9H2,1-3H3,(H,26,30)(H,29,31)/t18-/m1/s1. The number of pyridine rings is 1. The van der Waals surface area contributed by atoms with Crippen LogP contribution in [0.15, 0.2) is 30.7 Å². The Morgan fingerprint density at radius 2 is 2.00 bits per heavy atom. The highest BCUT2D eigenvalue weighted by Gasteiger charge is 2.29. The molecule has 0 spiro atoms. The second kappa shape index (κ2) is 11.3. The third-order valence-corrected chi connectivity index (χ3v) is 9.03. The fourth-order valence-corrected chi connectivity index (χ4v) is 6.66. The molecule has 2 N–H and O–H groups in total. The molecule has 3 aromatic rings. The second-order valence-electron chi connectivity index (χ2n) is 8.57. The van der Waals surface area contributed by atoms with Gasteiger partial charge in [0.05, 0.1) is 52.2 Å². The van der Waals surface area contributed by atoms with Crippen molar-refractivity contribution < 1.29 is 17.9 Å². The summed E-state index contributed by atoms with van der Waals surface area (Å²) in [5.41, 5.74) is 2.27. The van der Waals surface area contributed by atoms with E-state index >= 15 is 0 Å². The average Bonchev–Trinajstić information content (AvgIpc) is 3.54. The van der Waals surface area contributed by atoms with Gasteiger partial charge in [0.15, 0.2) is 5.01 Å². The van der Waals surface area contributed by atoms with Gasteiger partial charge in [-0.25, -0.2) is 18.4 Å². The largest absolute Gasteiger partial charge is 0.477 e. The Bertz CT molecular complexity index is 1320. The lowest BCUT2D eigenvalue weighted by Crippen LogP contribution is -2.29. The molecule has 3 aromatic heterocycles. The first-order valence-corrected chi connectivity index (χ1v) is 14.4. The van der Waals surface area contributed by atoms with E-state index in [1.165, 1.54) is 17.5 Å². The van der Waals surface area contributed by atoms with Gasteiger partial charge in [-0.15, -0.1) is 11.3 Å². The van der Waals surface area contributed by atoms with Crippen LogP contribution < -0.4 is 14.8 Å². The summed E-state index contributed by atoms with van der Waals surface area (Å²) in [5, 5.41) is 2.91. The number of hydrogen-bond acceptors (Lipinski definition) is 9. The first-order chi connectivity index (χ1) is 17.3. The summed E-state index contributed by atoms with van der Waals surface area (Å²) in [7, 11) is -3.46. The highest BCUT2D eigenvalue weighted by molar-refractivity contribution is 7.93. The minimum Gasteiger partial charge on any atom is -0.477 e. The van der Waals surface area contributed by atoms with Crippen LogP contribution in [0.2, 0.25) is 0 Å². The van der Waals surface area contributed by atoms with Gasteiger partial charge in [0.2, 0.25) is 15.9 Å². The van der Waals surface area contributed by atoms with Crippen LogP contribution in [0.4, 0.5) is 5.69 Å². The summed E-state index contributed by atoms with van der Waals surface area (Å²) in [4.78, 5) is 31.3. The van der Waals surface area contributed by atoms with E-state index in [1.807, 2.05) is 20.8 Å². The number of anilines is 1. The molecule has 192 valence electrons. The second-order valence-corrected chi connectivity index (χ2v) is 11.5. The van der Waals surface area contributed by atoms with Gasteiger partial charge in [-0.3, -0.25) is 19.5 Å². The molecule has 12 heteroatoms. The Morgan fingerprint density at radius 1 is 1.22 bits per heavy atom. The lowest BCUT2D eigenvalue weighted by molar-refractivity contribution is 0.0934. The molecule has 10 nitrogen and oxygen atoms in total. The van der Waals surface area contributed by atoms with Gasteiger partial charge in [0.1, 0.15) is 5.69 Å². The van der Waals surface area contributed by atoms with E-state index < -0.39 is 16.1 Å². The monoisotopic (exact) mass is 530 g/mol. The number of rotatable bonds is 10. The maximum absolute atomic E-state index is 13.1. The minimum atomic E-state index is -3.46. The van der Waals surface area contributed by atoms with Gasteiger partial charge < -0.3 is 10.1 Å². The normalized spacial score (nSPS) is 15.0. The quantitative estimate of drug-likeness (QED) is 0.397. The van der Waals surface area contributed by atoms with Gasteiger partial charge in [-0.1, -0.05) is 19.8 Å². The Labute approximate surface area is 215 Å². The molecule has 0 unspecified atom stereocenters. The van der Waals surface area contributed by atoms with Crippen molar-refractivity contribution in [2.75, 3.05) is 11.3 Å². The average molecular weight is 531 g/mol. The van der Waals surface area contributed by atoms with Gasteiger partial charge >= 0.3 is 0 Å². The van der Waals surface area contributed by atoms with Gasteiger partial charge in [-0.05, 0) is 45.2 Å². The van der Waals surface area contributed by atoms with Crippen LogP contribution in [-0.4, -0.2) is 46.1 Å². The SMILES string of the molecule is CCOc1cncc(-c2sc(C(=O)N[C@H](CC)c3cc(NS(=O)(=O)C4CCCC4)ccn3)nc2C)n1. The highest BCUT2D eigenvalue weighted by Crippen LogP contribution is 2.30. The molecule has 36 heavy (non-hydrogen) atoms. The Morgan fingerprint density at radius 3 is 2.72 bits per heavy atom. The molecule has 4 rings (SSSR count). The van der Waals surface area contributed by atoms with Gasteiger partial charge in [0, 0.05) is 6.20 Å². The molecule has 1 amide bonds. The summed E-state index contributed by atoms with van der Waals surface area (Å²) in [6.07, 6.45) is 8.48. The van der Waals surface area contributed by atoms with Crippen LogP contribution in [0.3, 0.4) is 0 Å². The maximum atomic E-state index is 13.1. The number of thiazole rings is 1. The van der Waals surface area contributed by atoms with Crippen molar-refractivity contribution in [3.8, 4) is 16.5 Å². The number of hydrogen-bond donors (Lipinski definition) is 2. The minimum absolute atomic E-state index is 0.294. The number of nitrogens with one attached hydrogen (secondary N) is 2. The number of amides is 1. The third kappa shape index (κ3) is 5.98. The first kappa shape index (κ1) is 26.0. The predicted octanol–water partition coefficient (Wildman–Crippen LogP) is 4.27. The highest BCUT2D eigenvalue weighted by atomic mass is 32.2. The van der Waals surface area contributed by atoms with Crippen molar-refractivity contribution in [1.82, 2.24) is 25.3 Å². The zero-order valence-corrected chi connectivity index (χ0v) is 22.2. The first-order valence-electron chi connectivity index (χ1n) is 12.0. The van der Waals surface area contributed by atoms with Crippen LogP contribution in [0.5, 0.6) is 5.88 Å². The zero-order chi connectivity index (χ0) is 25.7. The summed E-state index contributed by atoms with van der Waals surface area (Å²) in [5.74, 6) is 0.0724. The fourth-order valence-electron chi connectivity index (χ4n) is 4.16. The molecule has 0 aromatic carbocycles. The number of aromatic nitrogens is 4. The van der Waals surface area contributed by atoms with Crippen LogP contribution in [-0.2, 0) is 10.0 Å².